The van der Waals surface area contributed by atoms with E-state index in [-0.39, 0.29) is 11.7 Å². The molecule has 0 spiro atoms. The quantitative estimate of drug-likeness (QED) is 0.809. The van der Waals surface area contributed by atoms with Crippen molar-refractivity contribution in [3.63, 3.8) is 0 Å². The van der Waals surface area contributed by atoms with E-state index in [2.05, 4.69) is 11.9 Å². The fourth-order valence-electron chi connectivity index (χ4n) is 2.58. The predicted octanol–water partition coefficient (Wildman–Crippen LogP) is 2.41. The second-order valence-electron chi connectivity index (χ2n) is 5.60. The molecule has 1 aliphatic heterocycles. The number of piperidine rings is 1. The molecule has 1 aromatic rings. The van der Waals surface area contributed by atoms with Crippen molar-refractivity contribution >= 4 is 28.5 Å². The number of rotatable bonds is 3. The molecule has 0 aromatic heterocycles. The maximum atomic E-state index is 12.3. The van der Waals surface area contributed by atoms with Crippen LogP contribution in [0.15, 0.2) is 18.2 Å². The highest BCUT2D eigenvalue weighted by molar-refractivity contribution is 14.1. The number of halogens is 1. The van der Waals surface area contributed by atoms with Gasteiger partial charge in [-0.05, 0) is 79.7 Å². The lowest BCUT2D eigenvalue weighted by atomic mass is 9.96. The normalized spacial score (nSPS) is 17.1. The molecule has 0 atom stereocenters. The van der Waals surface area contributed by atoms with Crippen LogP contribution in [-0.2, 0) is 0 Å². The van der Waals surface area contributed by atoms with Gasteiger partial charge in [-0.15, -0.1) is 0 Å². The van der Waals surface area contributed by atoms with Crippen LogP contribution in [0.1, 0.15) is 23.2 Å². The highest BCUT2D eigenvalue weighted by Gasteiger charge is 2.21. The van der Waals surface area contributed by atoms with Gasteiger partial charge >= 0.3 is 0 Å². The van der Waals surface area contributed by atoms with Crippen molar-refractivity contribution in [2.75, 3.05) is 33.7 Å². The van der Waals surface area contributed by atoms with Crippen LogP contribution in [0, 0.1) is 9.49 Å². The summed E-state index contributed by atoms with van der Waals surface area (Å²) in [5, 5.41) is 9.70. The Kier molecular flexibility index (Phi) is 5.26. The van der Waals surface area contributed by atoms with Crippen LogP contribution in [0.2, 0.25) is 0 Å². The molecule has 1 fully saturated rings. The van der Waals surface area contributed by atoms with Crippen LogP contribution in [0.4, 0.5) is 0 Å². The van der Waals surface area contributed by atoms with E-state index in [9.17, 15) is 9.90 Å². The first kappa shape index (κ1) is 15.6. The monoisotopic (exact) mass is 388 g/mol. The first-order valence-corrected chi connectivity index (χ1v) is 7.97. The van der Waals surface area contributed by atoms with Crippen molar-refractivity contribution < 1.29 is 9.90 Å². The van der Waals surface area contributed by atoms with Crippen LogP contribution >= 0.6 is 22.6 Å². The van der Waals surface area contributed by atoms with E-state index in [4.69, 9.17) is 0 Å². The minimum Gasteiger partial charge on any atom is -0.507 e. The van der Waals surface area contributed by atoms with Gasteiger partial charge in [-0.25, -0.2) is 0 Å². The number of nitrogens with zero attached hydrogens (tertiary/aromatic N) is 2. The summed E-state index contributed by atoms with van der Waals surface area (Å²) in [6.45, 7) is 3.01. The Morgan fingerprint density at radius 1 is 1.45 bits per heavy atom. The van der Waals surface area contributed by atoms with Crippen LogP contribution in [-0.4, -0.2) is 54.5 Å². The molecule has 2 rings (SSSR count). The number of benzene rings is 1. The first-order valence-electron chi connectivity index (χ1n) is 6.90. The number of hydrogen-bond donors (Lipinski definition) is 1. The van der Waals surface area contributed by atoms with Gasteiger partial charge in [-0.1, -0.05) is 0 Å². The number of phenols is 1. The average molecular weight is 388 g/mol. The molecule has 4 nitrogen and oxygen atoms in total. The van der Waals surface area contributed by atoms with Crippen molar-refractivity contribution in [1.82, 2.24) is 9.80 Å². The lowest BCUT2D eigenvalue weighted by molar-refractivity contribution is 0.0747. The maximum absolute atomic E-state index is 12.3. The SMILES string of the molecule is CN1CCC(CN(C)C(=O)c2ccc(I)c(O)c2)CC1. The molecule has 1 heterocycles. The number of amides is 1. The number of likely N-dealkylation sites (tertiary alicyclic amines) is 1. The lowest BCUT2D eigenvalue weighted by Gasteiger charge is -2.31. The molecule has 1 N–H and O–H groups in total. The molecule has 1 amide bonds. The third-order valence-corrected chi connectivity index (χ3v) is 4.82. The fraction of sp³-hybridized carbons (Fsp3) is 0.533. The number of hydrogen-bond acceptors (Lipinski definition) is 3. The van der Waals surface area contributed by atoms with Gasteiger partial charge in [0.05, 0.1) is 3.57 Å². The Bertz CT molecular complexity index is 485. The fourth-order valence-corrected chi connectivity index (χ4v) is 2.92. The molecule has 0 bridgehead atoms. The van der Waals surface area contributed by atoms with Gasteiger partial charge in [0.2, 0.25) is 0 Å². The third kappa shape index (κ3) is 3.85. The van der Waals surface area contributed by atoms with E-state index in [0.29, 0.717) is 11.5 Å². The molecule has 1 saturated heterocycles. The van der Waals surface area contributed by atoms with Crippen LogP contribution in [0.5, 0.6) is 5.75 Å². The van der Waals surface area contributed by atoms with Crippen LogP contribution in [0.3, 0.4) is 0 Å². The molecule has 0 saturated carbocycles. The zero-order chi connectivity index (χ0) is 14.7. The van der Waals surface area contributed by atoms with Gasteiger partial charge in [0.1, 0.15) is 5.75 Å². The van der Waals surface area contributed by atoms with Crippen LogP contribution in [0.25, 0.3) is 0 Å². The summed E-state index contributed by atoms with van der Waals surface area (Å²) in [5.41, 5.74) is 0.554. The third-order valence-electron chi connectivity index (χ3n) is 3.91. The number of phenolic OH excluding ortho intramolecular Hbond substituents is 1. The zero-order valence-electron chi connectivity index (χ0n) is 12.0. The summed E-state index contributed by atoms with van der Waals surface area (Å²) in [5.74, 6) is 0.734. The molecule has 0 aliphatic carbocycles. The Morgan fingerprint density at radius 2 is 2.10 bits per heavy atom. The number of carbonyl (C=O) groups excluding carboxylic acids is 1. The van der Waals surface area contributed by atoms with Crippen molar-refractivity contribution in [1.29, 1.82) is 0 Å². The maximum Gasteiger partial charge on any atom is 0.253 e. The van der Waals surface area contributed by atoms with E-state index in [1.165, 1.54) is 0 Å². The second kappa shape index (κ2) is 6.76. The van der Waals surface area contributed by atoms with Gasteiger partial charge < -0.3 is 14.9 Å². The highest BCUT2D eigenvalue weighted by atomic mass is 127. The molecule has 1 aromatic carbocycles. The van der Waals surface area contributed by atoms with Crippen molar-refractivity contribution in [3.8, 4) is 5.75 Å². The Hall–Kier alpha value is -0.820. The van der Waals surface area contributed by atoms with E-state index in [0.717, 1.165) is 36.0 Å². The Labute approximate surface area is 133 Å². The highest BCUT2D eigenvalue weighted by Crippen LogP contribution is 2.22. The van der Waals surface area contributed by atoms with E-state index in [1.807, 2.05) is 29.6 Å². The number of carbonyl (C=O) groups is 1. The molecule has 0 radical (unpaired) electrons. The second-order valence-corrected chi connectivity index (χ2v) is 6.76. The molecule has 0 unspecified atom stereocenters. The summed E-state index contributed by atoms with van der Waals surface area (Å²) >= 11 is 2.05. The van der Waals surface area contributed by atoms with Gasteiger partial charge in [0.15, 0.2) is 0 Å². The summed E-state index contributed by atoms with van der Waals surface area (Å²) in [6.07, 6.45) is 2.29. The molecule has 5 heteroatoms. The molecule has 1 aliphatic rings. The van der Waals surface area contributed by atoms with Crippen molar-refractivity contribution in [2.45, 2.75) is 12.8 Å². The average Bonchev–Trinajstić information content (AvgIpc) is 2.43. The largest absolute Gasteiger partial charge is 0.507 e. The minimum atomic E-state index is -0.0179. The molecule has 20 heavy (non-hydrogen) atoms. The lowest BCUT2D eigenvalue weighted by Crippen LogP contribution is -2.37. The Balaban J connectivity index is 1.96. The zero-order valence-corrected chi connectivity index (χ0v) is 14.1. The summed E-state index contributed by atoms with van der Waals surface area (Å²) < 4.78 is 0.761. The summed E-state index contributed by atoms with van der Waals surface area (Å²) in [7, 11) is 3.98. The van der Waals surface area contributed by atoms with Gasteiger partial charge in [-0.2, -0.15) is 0 Å². The van der Waals surface area contributed by atoms with Gasteiger partial charge in [-0.3, -0.25) is 4.79 Å². The smallest absolute Gasteiger partial charge is 0.253 e. The number of aromatic hydroxyl groups is 1. The van der Waals surface area contributed by atoms with E-state index < -0.39 is 0 Å². The molecular weight excluding hydrogens is 367 g/mol. The standard InChI is InChI=1S/C15H21IN2O2/c1-17-7-5-11(6-8-17)10-18(2)15(20)12-3-4-13(16)14(19)9-12/h3-4,9,11,19H,5-8,10H2,1-2H3. The predicted molar refractivity (Wildman–Crippen MR) is 88.0 cm³/mol. The van der Waals surface area contributed by atoms with Crippen molar-refractivity contribution in [2.24, 2.45) is 5.92 Å². The van der Waals surface area contributed by atoms with Gasteiger partial charge in [0, 0.05) is 19.2 Å². The minimum absolute atomic E-state index is 0.0179. The topological polar surface area (TPSA) is 43.8 Å². The first-order chi connectivity index (χ1) is 9.47. The molecular formula is C15H21IN2O2. The van der Waals surface area contributed by atoms with Crippen molar-refractivity contribution in [3.05, 3.63) is 27.3 Å². The summed E-state index contributed by atoms with van der Waals surface area (Å²) in [4.78, 5) is 16.5. The van der Waals surface area contributed by atoms with E-state index >= 15 is 0 Å². The van der Waals surface area contributed by atoms with Gasteiger partial charge in [0.25, 0.3) is 5.91 Å². The Morgan fingerprint density at radius 3 is 2.70 bits per heavy atom. The molecule has 110 valence electrons. The van der Waals surface area contributed by atoms with Crippen LogP contribution < -0.4 is 0 Å². The summed E-state index contributed by atoms with van der Waals surface area (Å²) in [6, 6.07) is 5.09. The van der Waals surface area contributed by atoms with E-state index in [1.54, 1.807) is 23.1 Å².